The van der Waals surface area contributed by atoms with Gasteiger partial charge in [0.1, 0.15) is 18.0 Å². The number of carboxylic acid groups (broad SMARTS) is 1. The Balaban J connectivity index is 1.31. The van der Waals surface area contributed by atoms with Gasteiger partial charge >= 0.3 is 11.9 Å². The van der Waals surface area contributed by atoms with Crippen molar-refractivity contribution in [1.29, 1.82) is 0 Å². The zero-order valence-corrected chi connectivity index (χ0v) is 32.2. The van der Waals surface area contributed by atoms with Crippen molar-refractivity contribution in [2.75, 3.05) is 20.3 Å². The summed E-state index contributed by atoms with van der Waals surface area (Å²) in [5.41, 5.74) is -4.27. The lowest BCUT2D eigenvalue weighted by molar-refractivity contribution is -0.492. The summed E-state index contributed by atoms with van der Waals surface area (Å²) in [5, 5.41) is 72.0. The molecule has 7 aliphatic rings. The Morgan fingerprint density at radius 3 is 2.64 bits per heavy atom. The summed E-state index contributed by atoms with van der Waals surface area (Å²) in [4.78, 5) is 28.6. The number of aliphatic hydroxyl groups is 5. The second kappa shape index (κ2) is 14.4. The van der Waals surface area contributed by atoms with E-state index in [9.17, 15) is 40.2 Å². The van der Waals surface area contributed by atoms with Gasteiger partial charge in [-0.25, -0.2) is 4.79 Å². The third-order valence-corrected chi connectivity index (χ3v) is 14.6. The van der Waals surface area contributed by atoms with E-state index in [2.05, 4.69) is 36.4 Å². The Kier molecular flexibility index (Phi) is 10.1. The fourth-order valence-corrected chi connectivity index (χ4v) is 11.6. The molecule has 0 radical (unpaired) electrons. The number of hydrogen-bond acceptors (Lipinski definition) is 11. The molecule has 4 aliphatic heterocycles. The monoisotopic (exact) mass is 777 g/mol. The van der Waals surface area contributed by atoms with E-state index in [1.54, 1.807) is 0 Å². The van der Waals surface area contributed by atoms with Gasteiger partial charge in [-0.15, -0.1) is 12.5 Å². The van der Waals surface area contributed by atoms with Crippen molar-refractivity contribution >= 4 is 23.3 Å². The summed E-state index contributed by atoms with van der Waals surface area (Å²) >= 11 is 0. The molecule has 1 spiro atoms. The number of methoxy groups -OCH3 is 1. The smallest absolute Gasteiger partial charge is 0.333 e. The highest BCUT2D eigenvalue weighted by atomic mass is 16.8. The molecule has 304 valence electrons. The predicted molar refractivity (Wildman–Crippen MR) is 200 cm³/mol. The number of aliphatic hydroxyl groups excluding tert-OH is 4. The number of carboxylic acids is 1. The third kappa shape index (κ3) is 5.47. The molecule has 0 amide bonds. The van der Waals surface area contributed by atoms with Crippen LogP contribution in [-0.2, 0) is 28.5 Å². The molecule has 0 unspecified atom stereocenters. The molecule has 3 aliphatic carbocycles. The summed E-state index contributed by atoms with van der Waals surface area (Å²) in [6, 6.07) is 2.12. The van der Waals surface area contributed by atoms with Crippen LogP contribution in [0, 0.1) is 41.4 Å². The van der Waals surface area contributed by atoms with E-state index in [4.69, 9.17) is 18.9 Å². The van der Waals surface area contributed by atoms with Crippen LogP contribution in [0.4, 0.5) is 0 Å². The topological polar surface area (TPSA) is 208 Å². The second-order valence-electron chi connectivity index (χ2n) is 17.2. The highest BCUT2D eigenvalue weighted by Crippen LogP contribution is 2.66. The first kappa shape index (κ1) is 39.4. The van der Waals surface area contributed by atoms with Gasteiger partial charge < -0.3 is 54.6 Å². The number of nitrogens with one attached hydrogen (secondary N) is 1. The van der Waals surface area contributed by atoms with Crippen LogP contribution in [0.3, 0.4) is 0 Å². The van der Waals surface area contributed by atoms with Crippen molar-refractivity contribution in [3.05, 3.63) is 46.6 Å². The second-order valence-corrected chi connectivity index (χ2v) is 17.2. The molecule has 12 atom stereocenters. The average molecular weight is 778 g/mol. The van der Waals surface area contributed by atoms with E-state index in [-0.39, 0.29) is 56.1 Å². The van der Waals surface area contributed by atoms with Gasteiger partial charge in [-0.2, -0.15) is 0 Å². The standard InChI is InChI=1S/C43H55NO12/c1-4-27-29(20-36(48)49)28(38(50)53-3)13-14-33(27)55-43-35(47)18-26-12-8-9-24(21-45)17-34-37-30(19-32(44-37)23(2)25-10-6-5-7-11-25)31-15-16-40(43,52)39(51)42(31,54-34)41(26,22-46)56-43/h4,13,19,23-27,29,33,35,39,44-47,51-52H,1,5-7,9-11,14-18,20-22H2,2-3H3,(H,48,49)/t23-,24+,26-,27-,29+,33-,35+,39-,40-,41+,42+,43-/m1/s1. The summed E-state index contributed by atoms with van der Waals surface area (Å²) in [7, 11) is 1.21. The molecule has 1 aromatic rings. The number of aromatic nitrogens is 1. The fraction of sp³-hybridized carbons (Fsp3) is 0.674. The Labute approximate surface area is 326 Å². The van der Waals surface area contributed by atoms with Gasteiger partial charge in [0.25, 0.3) is 0 Å². The van der Waals surface area contributed by atoms with Gasteiger partial charge in [0, 0.05) is 47.8 Å². The molecule has 5 bridgehead atoms. The van der Waals surface area contributed by atoms with E-state index in [1.165, 1.54) is 38.5 Å². The number of carbonyl (C=O) groups excluding carboxylic acids is 1. The Hall–Kier alpha value is -3.48. The van der Waals surface area contributed by atoms with Crippen molar-refractivity contribution in [2.24, 2.45) is 29.6 Å². The van der Waals surface area contributed by atoms with Crippen LogP contribution >= 0.6 is 0 Å². The van der Waals surface area contributed by atoms with Gasteiger partial charge in [0.15, 0.2) is 16.8 Å². The van der Waals surface area contributed by atoms with Gasteiger partial charge in [0.2, 0.25) is 5.79 Å². The van der Waals surface area contributed by atoms with Crippen LogP contribution in [0.1, 0.15) is 95.6 Å². The van der Waals surface area contributed by atoms with Gasteiger partial charge in [0.05, 0.1) is 37.5 Å². The summed E-state index contributed by atoms with van der Waals surface area (Å²) in [6.07, 6.45) is 4.51. The quantitative estimate of drug-likeness (QED) is 0.103. The minimum absolute atomic E-state index is 0.0325. The van der Waals surface area contributed by atoms with Crippen LogP contribution in [0.2, 0.25) is 0 Å². The van der Waals surface area contributed by atoms with Crippen LogP contribution < -0.4 is 10.6 Å². The normalized spacial score (nSPS) is 40.6. The lowest BCUT2D eigenvalue weighted by Crippen LogP contribution is -2.91. The molecular weight excluding hydrogens is 722 g/mol. The zero-order valence-electron chi connectivity index (χ0n) is 32.2. The average Bonchev–Trinajstić information content (AvgIpc) is 3.65. The molecule has 56 heavy (non-hydrogen) atoms. The molecule has 2 saturated heterocycles. The Morgan fingerprint density at radius 1 is 1.20 bits per heavy atom. The first-order valence-electron chi connectivity index (χ1n) is 20.3. The van der Waals surface area contributed by atoms with Crippen LogP contribution in [0.15, 0.2) is 30.4 Å². The van der Waals surface area contributed by atoms with Crippen molar-refractivity contribution in [3.63, 3.8) is 0 Å². The number of aliphatic carboxylic acids is 1. The Morgan fingerprint density at radius 2 is 1.96 bits per heavy atom. The largest absolute Gasteiger partial charge is 0.481 e. The van der Waals surface area contributed by atoms with Crippen molar-refractivity contribution < 1.29 is 59.2 Å². The first-order chi connectivity index (χ1) is 26.8. The SMILES string of the molecule is C=C[C@@H]1[C@H](CC(=O)O)C(C(=O)OC)=CC[C@H]1O[C@]12O[C@@]3(CO)[C@H](C#CC[C@H](CO)CC4=c5[nH]c([C@H](C)C6CCCCC6)cc5=C5CC[C@@]1(O)[C@@H](O)[C@@]53O4)C[C@@H]2O. The number of rotatable bonds is 10. The third-order valence-electron chi connectivity index (χ3n) is 14.6. The zero-order chi connectivity index (χ0) is 39.8. The molecule has 1 aromatic heterocycles. The molecule has 13 nitrogen and oxygen atoms in total. The van der Waals surface area contributed by atoms with Gasteiger partial charge in [-0.1, -0.05) is 44.3 Å². The Bertz CT molecular complexity index is 1990. The number of carbonyl (C=O) groups is 2. The molecule has 8 rings (SSSR count). The number of hydrogen-bond donors (Lipinski definition) is 7. The maximum atomic E-state index is 13.1. The molecular formula is C43H55NO12. The van der Waals surface area contributed by atoms with Gasteiger partial charge in [-0.05, 0) is 67.9 Å². The molecule has 2 saturated carbocycles. The number of aromatic amines is 1. The minimum Gasteiger partial charge on any atom is -0.481 e. The van der Waals surface area contributed by atoms with E-state index in [0.29, 0.717) is 23.7 Å². The highest BCUT2D eigenvalue weighted by molar-refractivity contribution is 5.90. The lowest BCUT2D eigenvalue weighted by atomic mass is 9.50. The maximum absolute atomic E-state index is 13.1. The van der Waals surface area contributed by atoms with E-state index < -0.39 is 83.6 Å². The van der Waals surface area contributed by atoms with Crippen molar-refractivity contribution in [3.8, 4) is 11.8 Å². The van der Waals surface area contributed by atoms with Crippen LogP contribution in [0.25, 0.3) is 11.3 Å². The molecule has 7 N–H and O–H groups in total. The maximum Gasteiger partial charge on any atom is 0.333 e. The fourth-order valence-electron chi connectivity index (χ4n) is 11.6. The van der Waals surface area contributed by atoms with E-state index in [0.717, 1.165) is 29.1 Å². The molecule has 13 heteroatoms. The summed E-state index contributed by atoms with van der Waals surface area (Å²) in [6.45, 7) is 5.27. The predicted octanol–water partition coefficient (Wildman–Crippen LogP) is 1.64. The first-order valence-corrected chi connectivity index (χ1v) is 20.3. The van der Waals surface area contributed by atoms with Crippen molar-refractivity contribution in [2.45, 2.75) is 131 Å². The van der Waals surface area contributed by atoms with Crippen LogP contribution in [-0.4, -0.2) is 109 Å². The van der Waals surface area contributed by atoms with Crippen LogP contribution in [0.5, 0.6) is 0 Å². The lowest BCUT2D eigenvalue weighted by Gasteiger charge is -2.72. The minimum atomic E-state index is -2.36. The van der Waals surface area contributed by atoms with E-state index in [1.807, 2.05) is 0 Å². The summed E-state index contributed by atoms with van der Waals surface area (Å²) < 4.78 is 26.0. The molecule has 5 heterocycles. The van der Waals surface area contributed by atoms with Gasteiger partial charge in [-0.3, -0.25) is 4.79 Å². The van der Waals surface area contributed by atoms with Crippen molar-refractivity contribution in [1.82, 2.24) is 4.98 Å². The number of fused-ring (bicyclic) bond motifs is 5. The molecule has 4 fully saturated rings. The van der Waals surface area contributed by atoms with E-state index >= 15 is 0 Å². The number of ether oxygens (including phenoxy) is 4. The molecule has 0 aromatic carbocycles. The number of H-pyrrole nitrogens is 1. The summed E-state index contributed by atoms with van der Waals surface area (Å²) in [5.74, 6) is 0.358. The highest BCUT2D eigenvalue weighted by Gasteiger charge is 2.85. The number of esters is 1.